The zero-order chi connectivity index (χ0) is 18.4. The number of benzene rings is 2. The number of fused-ring (bicyclic) bond motifs is 1. The molecule has 7 nitrogen and oxygen atoms in total. The van der Waals surface area contributed by atoms with E-state index in [1.165, 1.54) is 24.3 Å². The Labute approximate surface area is 149 Å². The van der Waals surface area contributed by atoms with E-state index in [0.717, 1.165) is 5.56 Å². The van der Waals surface area contributed by atoms with Gasteiger partial charge in [-0.05, 0) is 48.4 Å². The second kappa shape index (κ2) is 8.19. The fourth-order valence-corrected chi connectivity index (χ4v) is 2.39. The molecule has 0 fully saturated rings. The maximum atomic E-state index is 12.8. The molecule has 1 aliphatic rings. The number of nitrogens with one attached hydrogen (secondary N) is 3. The molecule has 0 radical (unpaired) electrons. The van der Waals surface area contributed by atoms with Gasteiger partial charge in [-0.2, -0.15) is 0 Å². The fourth-order valence-electron chi connectivity index (χ4n) is 2.39. The van der Waals surface area contributed by atoms with Gasteiger partial charge in [0.25, 0.3) is 5.91 Å². The van der Waals surface area contributed by atoms with Crippen LogP contribution in [0.25, 0.3) is 0 Å². The highest BCUT2D eigenvalue weighted by molar-refractivity contribution is 5.95. The first kappa shape index (κ1) is 17.5. The predicted molar refractivity (Wildman–Crippen MR) is 91.5 cm³/mol. The molecule has 3 rings (SSSR count). The zero-order valence-electron chi connectivity index (χ0n) is 13.9. The molecule has 2 aromatic rings. The highest BCUT2D eigenvalue weighted by atomic mass is 19.1. The molecule has 1 aliphatic heterocycles. The summed E-state index contributed by atoms with van der Waals surface area (Å²) in [6.07, 6.45) is 0.593. The third-order valence-electron chi connectivity index (χ3n) is 3.70. The Hall–Kier alpha value is -3.29. The first-order chi connectivity index (χ1) is 12.6. The number of amides is 3. The molecular weight excluding hydrogens is 341 g/mol. The summed E-state index contributed by atoms with van der Waals surface area (Å²) in [7, 11) is 0. The molecule has 0 atom stereocenters. The van der Waals surface area contributed by atoms with Gasteiger partial charge in [0.2, 0.25) is 0 Å². The van der Waals surface area contributed by atoms with Crippen molar-refractivity contribution < 1.29 is 23.5 Å². The standard InChI is InChI=1S/C18H18FN3O4/c19-14-4-2-13(3-5-14)17(23)21-22-18(24)20-8-7-12-1-6-15-16(11-12)26-10-9-25-15/h1-6,11H,7-10H2,(H,21,23)(H2,20,22,24). The van der Waals surface area contributed by atoms with Crippen LogP contribution in [0.3, 0.4) is 0 Å². The van der Waals surface area contributed by atoms with Crippen LogP contribution in [0.4, 0.5) is 9.18 Å². The number of hydrogen-bond acceptors (Lipinski definition) is 4. The van der Waals surface area contributed by atoms with Crippen molar-refractivity contribution >= 4 is 11.9 Å². The number of carbonyl (C=O) groups is 2. The normalized spacial score (nSPS) is 12.2. The van der Waals surface area contributed by atoms with Gasteiger partial charge in [-0.3, -0.25) is 10.2 Å². The largest absolute Gasteiger partial charge is 0.486 e. The molecule has 0 saturated heterocycles. The van der Waals surface area contributed by atoms with E-state index in [0.29, 0.717) is 37.7 Å². The van der Waals surface area contributed by atoms with Gasteiger partial charge >= 0.3 is 6.03 Å². The molecule has 26 heavy (non-hydrogen) atoms. The Morgan fingerprint density at radius 3 is 2.46 bits per heavy atom. The summed E-state index contributed by atoms with van der Waals surface area (Å²) in [5.74, 6) is 0.442. The van der Waals surface area contributed by atoms with Crippen molar-refractivity contribution in [1.82, 2.24) is 16.2 Å². The van der Waals surface area contributed by atoms with Crippen LogP contribution < -0.4 is 25.6 Å². The Balaban J connectivity index is 1.40. The minimum absolute atomic E-state index is 0.239. The number of halogens is 1. The minimum Gasteiger partial charge on any atom is -0.486 e. The monoisotopic (exact) mass is 359 g/mol. The van der Waals surface area contributed by atoms with Gasteiger partial charge in [-0.1, -0.05) is 6.07 Å². The van der Waals surface area contributed by atoms with Crippen LogP contribution in [0, 0.1) is 5.82 Å². The lowest BCUT2D eigenvalue weighted by Crippen LogP contribution is -2.47. The van der Waals surface area contributed by atoms with Crippen LogP contribution in [0.2, 0.25) is 0 Å². The first-order valence-corrected chi connectivity index (χ1v) is 8.10. The fraction of sp³-hybridized carbons (Fsp3) is 0.222. The summed E-state index contributed by atoms with van der Waals surface area (Å²) in [5, 5.41) is 2.63. The number of rotatable bonds is 4. The molecule has 0 bridgehead atoms. The maximum absolute atomic E-state index is 12.8. The van der Waals surface area contributed by atoms with Crippen molar-refractivity contribution in [1.29, 1.82) is 0 Å². The highest BCUT2D eigenvalue weighted by Gasteiger charge is 2.12. The summed E-state index contributed by atoms with van der Waals surface area (Å²) >= 11 is 0. The Kier molecular flexibility index (Phi) is 5.52. The molecule has 0 unspecified atom stereocenters. The van der Waals surface area contributed by atoms with E-state index in [1.54, 1.807) is 0 Å². The van der Waals surface area contributed by atoms with Gasteiger partial charge < -0.3 is 14.8 Å². The average molecular weight is 359 g/mol. The van der Waals surface area contributed by atoms with Crippen LogP contribution in [-0.2, 0) is 6.42 Å². The van der Waals surface area contributed by atoms with Crippen molar-refractivity contribution in [2.24, 2.45) is 0 Å². The molecule has 3 amide bonds. The van der Waals surface area contributed by atoms with E-state index in [1.807, 2.05) is 18.2 Å². The van der Waals surface area contributed by atoms with Crippen molar-refractivity contribution in [2.45, 2.75) is 6.42 Å². The van der Waals surface area contributed by atoms with Gasteiger partial charge in [0, 0.05) is 12.1 Å². The van der Waals surface area contributed by atoms with E-state index >= 15 is 0 Å². The summed E-state index contributed by atoms with van der Waals surface area (Å²) in [5.41, 5.74) is 5.72. The summed E-state index contributed by atoms with van der Waals surface area (Å²) < 4.78 is 23.8. The highest BCUT2D eigenvalue weighted by Crippen LogP contribution is 2.30. The van der Waals surface area contributed by atoms with Crippen LogP contribution in [-0.4, -0.2) is 31.7 Å². The molecule has 136 valence electrons. The molecular formula is C18H18FN3O4. The quantitative estimate of drug-likeness (QED) is 0.726. The third kappa shape index (κ3) is 4.62. The van der Waals surface area contributed by atoms with Crippen molar-refractivity contribution in [2.75, 3.05) is 19.8 Å². The summed E-state index contributed by atoms with van der Waals surface area (Å²) in [4.78, 5) is 23.5. The molecule has 0 aromatic heterocycles. The molecule has 0 spiro atoms. The Morgan fingerprint density at radius 1 is 0.962 bits per heavy atom. The van der Waals surface area contributed by atoms with Crippen molar-refractivity contribution in [3.05, 3.63) is 59.4 Å². The van der Waals surface area contributed by atoms with Gasteiger partial charge in [0.1, 0.15) is 19.0 Å². The maximum Gasteiger partial charge on any atom is 0.333 e. The Morgan fingerprint density at radius 2 is 1.69 bits per heavy atom. The van der Waals surface area contributed by atoms with E-state index in [4.69, 9.17) is 9.47 Å². The van der Waals surface area contributed by atoms with E-state index in [9.17, 15) is 14.0 Å². The minimum atomic E-state index is -0.544. The van der Waals surface area contributed by atoms with Crippen LogP contribution in [0.5, 0.6) is 11.5 Å². The lowest BCUT2D eigenvalue weighted by Gasteiger charge is -2.18. The predicted octanol–water partition coefficient (Wildman–Crippen LogP) is 1.78. The number of hydrazine groups is 1. The molecule has 2 aromatic carbocycles. The van der Waals surface area contributed by atoms with Crippen LogP contribution in [0.1, 0.15) is 15.9 Å². The second-order valence-corrected chi connectivity index (χ2v) is 5.57. The summed E-state index contributed by atoms with van der Waals surface area (Å²) in [6, 6.07) is 10.1. The van der Waals surface area contributed by atoms with Crippen molar-refractivity contribution in [3.8, 4) is 11.5 Å². The second-order valence-electron chi connectivity index (χ2n) is 5.57. The Bertz CT molecular complexity index is 796. The van der Waals surface area contributed by atoms with E-state index in [2.05, 4.69) is 16.2 Å². The van der Waals surface area contributed by atoms with Gasteiger partial charge in [0.15, 0.2) is 11.5 Å². The molecule has 3 N–H and O–H groups in total. The number of carbonyl (C=O) groups excluding carboxylic acids is 2. The summed E-state index contributed by atoms with van der Waals surface area (Å²) in [6.45, 7) is 1.43. The number of hydrogen-bond donors (Lipinski definition) is 3. The van der Waals surface area contributed by atoms with Crippen molar-refractivity contribution in [3.63, 3.8) is 0 Å². The van der Waals surface area contributed by atoms with Crippen LogP contribution in [0.15, 0.2) is 42.5 Å². The van der Waals surface area contributed by atoms with Gasteiger partial charge in [0.05, 0.1) is 0 Å². The van der Waals surface area contributed by atoms with Gasteiger partial charge in [-0.25, -0.2) is 14.6 Å². The zero-order valence-corrected chi connectivity index (χ0v) is 13.9. The average Bonchev–Trinajstić information content (AvgIpc) is 2.66. The molecule has 1 heterocycles. The van der Waals surface area contributed by atoms with Gasteiger partial charge in [-0.15, -0.1) is 0 Å². The topological polar surface area (TPSA) is 88.7 Å². The molecule has 0 saturated carbocycles. The molecule has 8 heteroatoms. The smallest absolute Gasteiger partial charge is 0.333 e. The first-order valence-electron chi connectivity index (χ1n) is 8.10. The SMILES string of the molecule is O=C(NCCc1ccc2c(c1)OCCO2)NNC(=O)c1ccc(F)cc1. The lowest BCUT2D eigenvalue weighted by molar-refractivity contribution is 0.0936. The lowest BCUT2D eigenvalue weighted by atomic mass is 10.1. The third-order valence-corrected chi connectivity index (χ3v) is 3.70. The van der Waals surface area contributed by atoms with Crippen LogP contribution >= 0.6 is 0 Å². The van der Waals surface area contributed by atoms with E-state index < -0.39 is 17.8 Å². The number of ether oxygens (including phenoxy) is 2. The van der Waals surface area contributed by atoms with E-state index in [-0.39, 0.29) is 5.56 Å². The number of urea groups is 1. The molecule has 0 aliphatic carbocycles.